The maximum Gasteiger partial charge on any atom is 0.191 e. The van der Waals surface area contributed by atoms with Crippen molar-refractivity contribution in [3.05, 3.63) is 40.1 Å². The van der Waals surface area contributed by atoms with E-state index in [0.717, 1.165) is 0 Å². The molecule has 0 saturated heterocycles. The largest absolute Gasteiger partial charge is 0.391 e. The molecule has 96 valence electrons. The second-order valence-corrected chi connectivity index (χ2v) is 5.01. The predicted octanol–water partition coefficient (Wildman–Crippen LogP) is 3.59. The minimum atomic E-state index is -0.295. The second kappa shape index (κ2) is 5.65. The highest BCUT2D eigenvalue weighted by Gasteiger charge is 2.15. The van der Waals surface area contributed by atoms with Crippen LogP contribution >= 0.6 is 22.9 Å². The number of hydrogen-bond acceptors (Lipinski definition) is 4. The summed E-state index contributed by atoms with van der Waals surface area (Å²) in [7, 11) is 0. The van der Waals surface area contributed by atoms with Crippen LogP contribution in [0.15, 0.2) is 24.3 Å². The highest BCUT2D eigenvalue weighted by atomic mass is 35.5. The van der Waals surface area contributed by atoms with Crippen LogP contribution in [0.5, 0.6) is 0 Å². The van der Waals surface area contributed by atoms with Gasteiger partial charge in [0.1, 0.15) is 11.0 Å². The minimum Gasteiger partial charge on any atom is -0.391 e. The molecular weight excluding hydrogens is 275 g/mol. The Morgan fingerprint density at radius 1 is 1.50 bits per heavy atom. The normalized spacial score (nSPS) is 10.7. The number of halogens is 2. The number of anilines is 2. The van der Waals surface area contributed by atoms with Gasteiger partial charge in [-0.1, -0.05) is 29.0 Å². The molecule has 0 aliphatic heterocycles. The number of aliphatic hydroxyl groups excluding tert-OH is 1. The molecular formula is C12H12ClFN2OS. The first-order valence-electron chi connectivity index (χ1n) is 5.45. The maximum atomic E-state index is 13.2. The molecule has 18 heavy (non-hydrogen) atoms. The smallest absolute Gasteiger partial charge is 0.191 e. The molecule has 0 aliphatic carbocycles. The van der Waals surface area contributed by atoms with E-state index in [1.54, 1.807) is 12.1 Å². The van der Waals surface area contributed by atoms with Crippen molar-refractivity contribution in [2.45, 2.75) is 13.5 Å². The summed E-state index contributed by atoms with van der Waals surface area (Å²) in [4.78, 5) is 6.64. The summed E-state index contributed by atoms with van der Waals surface area (Å²) in [6.45, 7) is 2.44. The van der Waals surface area contributed by atoms with Crippen LogP contribution in [0.1, 0.15) is 11.8 Å². The van der Waals surface area contributed by atoms with Gasteiger partial charge < -0.3 is 10.0 Å². The first-order chi connectivity index (χ1) is 8.65. The Labute approximate surface area is 113 Å². The Balaban J connectivity index is 2.38. The van der Waals surface area contributed by atoms with Crippen molar-refractivity contribution in [3.8, 4) is 0 Å². The number of aromatic nitrogens is 1. The van der Waals surface area contributed by atoms with Gasteiger partial charge >= 0.3 is 0 Å². The SMILES string of the molecule is CCN(c1cccc(F)c1)c1nc(Cl)c(CO)s1. The van der Waals surface area contributed by atoms with Gasteiger partial charge in [0.2, 0.25) is 0 Å². The lowest BCUT2D eigenvalue weighted by Crippen LogP contribution is -2.15. The highest BCUT2D eigenvalue weighted by molar-refractivity contribution is 7.16. The Morgan fingerprint density at radius 3 is 2.83 bits per heavy atom. The number of benzene rings is 1. The molecule has 0 amide bonds. The molecule has 2 aromatic rings. The van der Waals surface area contributed by atoms with Crippen LogP contribution in [-0.2, 0) is 6.61 Å². The Kier molecular flexibility index (Phi) is 4.16. The van der Waals surface area contributed by atoms with Gasteiger partial charge in [0, 0.05) is 12.2 Å². The van der Waals surface area contributed by atoms with E-state index in [-0.39, 0.29) is 12.4 Å². The molecule has 6 heteroatoms. The lowest BCUT2D eigenvalue weighted by molar-refractivity contribution is 0.285. The molecule has 0 spiro atoms. The monoisotopic (exact) mass is 286 g/mol. The van der Waals surface area contributed by atoms with Gasteiger partial charge in [0.05, 0.1) is 11.5 Å². The number of nitrogens with zero attached hydrogens (tertiary/aromatic N) is 2. The van der Waals surface area contributed by atoms with Crippen molar-refractivity contribution < 1.29 is 9.50 Å². The van der Waals surface area contributed by atoms with E-state index in [1.807, 2.05) is 11.8 Å². The summed E-state index contributed by atoms with van der Waals surface area (Å²) in [5, 5.41) is 10.1. The lowest BCUT2D eigenvalue weighted by atomic mass is 10.3. The van der Waals surface area contributed by atoms with Gasteiger partial charge in [-0.3, -0.25) is 0 Å². The van der Waals surface area contributed by atoms with Gasteiger partial charge in [-0.25, -0.2) is 9.37 Å². The summed E-state index contributed by atoms with van der Waals surface area (Å²) in [5.41, 5.74) is 0.715. The van der Waals surface area contributed by atoms with Gasteiger partial charge in [0.15, 0.2) is 5.13 Å². The first-order valence-corrected chi connectivity index (χ1v) is 6.64. The minimum absolute atomic E-state index is 0.142. The van der Waals surface area contributed by atoms with Crippen molar-refractivity contribution in [3.63, 3.8) is 0 Å². The van der Waals surface area contributed by atoms with Crippen LogP contribution in [0.3, 0.4) is 0 Å². The molecule has 0 fully saturated rings. The fourth-order valence-corrected chi connectivity index (χ4v) is 2.81. The standard InChI is InChI=1S/C12H12ClFN2OS/c1-2-16(9-5-3-4-8(14)6-9)12-15-11(13)10(7-17)18-12/h3-6,17H,2,7H2,1H3. The van der Waals surface area contributed by atoms with Crippen LogP contribution in [0, 0.1) is 5.82 Å². The van der Waals surface area contributed by atoms with E-state index in [9.17, 15) is 4.39 Å². The third-order valence-corrected chi connectivity index (χ3v) is 3.94. The summed E-state index contributed by atoms with van der Waals surface area (Å²) in [6, 6.07) is 6.29. The third-order valence-electron chi connectivity index (χ3n) is 2.45. The molecule has 1 aromatic carbocycles. The Morgan fingerprint density at radius 2 is 2.28 bits per heavy atom. The average molecular weight is 287 g/mol. The van der Waals surface area contributed by atoms with Crippen molar-refractivity contribution >= 4 is 33.8 Å². The Bertz CT molecular complexity index is 547. The number of rotatable bonds is 4. The molecule has 0 atom stereocenters. The zero-order valence-electron chi connectivity index (χ0n) is 9.73. The fraction of sp³-hybridized carbons (Fsp3) is 0.250. The van der Waals surface area contributed by atoms with Crippen molar-refractivity contribution in [1.29, 1.82) is 0 Å². The van der Waals surface area contributed by atoms with Crippen LogP contribution in [-0.4, -0.2) is 16.6 Å². The topological polar surface area (TPSA) is 36.4 Å². The molecule has 0 saturated carbocycles. The molecule has 1 aromatic heterocycles. The zero-order chi connectivity index (χ0) is 13.1. The van der Waals surface area contributed by atoms with Gasteiger partial charge in [-0.2, -0.15) is 0 Å². The van der Waals surface area contributed by atoms with Gasteiger partial charge in [-0.05, 0) is 25.1 Å². The summed E-state index contributed by atoms with van der Waals surface area (Å²) in [6.07, 6.45) is 0. The summed E-state index contributed by atoms with van der Waals surface area (Å²) >= 11 is 7.21. The quantitative estimate of drug-likeness (QED) is 0.933. The second-order valence-electron chi connectivity index (χ2n) is 3.59. The van der Waals surface area contributed by atoms with Gasteiger partial charge in [0.25, 0.3) is 0 Å². The molecule has 2 rings (SSSR count). The summed E-state index contributed by atoms with van der Waals surface area (Å²) in [5.74, 6) is -0.295. The van der Waals surface area contributed by atoms with E-state index < -0.39 is 0 Å². The summed E-state index contributed by atoms with van der Waals surface area (Å²) < 4.78 is 13.2. The van der Waals surface area contributed by atoms with Crippen molar-refractivity contribution in [1.82, 2.24) is 4.98 Å². The van der Waals surface area contributed by atoms with E-state index in [4.69, 9.17) is 16.7 Å². The van der Waals surface area contributed by atoms with E-state index in [1.165, 1.54) is 23.5 Å². The highest BCUT2D eigenvalue weighted by Crippen LogP contribution is 2.33. The van der Waals surface area contributed by atoms with Crippen molar-refractivity contribution in [2.24, 2.45) is 0 Å². The molecule has 3 nitrogen and oxygen atoms in total. The molecule has 0 aliphatic rings. The molecule has 0 unspecified atom stereocenters. The van der Waals surface area contributed by atoms with E-state index in [2.05, 4.69) is 4.98 Å². The van der Waals surface area contributed by atoms with Crippen molar-refractivity contribution in [2.75, 3.05) is 11.4 Å². The third kappa shape index (κ3) is 2.63. The maximum absolute atomic E-state index is 13.2. The Hall–Kier alpha value is -1.17. The number of hydrogen-bond donors (Lipinski definition) is 1. The predicted molar refractivity (Wildman–Crippen MR) is 72.1 cm³/mol. The molecule has 1 heterocycles. The number of aliphatic hydroxyl groups is 1. The van der Waals surface area contributed by atoms with Crippen LogP contribution < -0.4 is 4.90 Å². The van der Waals surface area contributed by atoms with Crippen LogP contribution in [0.25, 0.3) is 0 Å². The average Bonchev–Trinajstić information content (AvgIpc) is 2.71. The molecule has 0 radical (unpaired) electrons. The fourth-order valence-electron chi connectivity index (χ4n) is 1.61. The van der Waals surface area contributed by atoms with Crippen LogP contribution in [0.4, 0.5) is 15.2 Å². The molecule has 0 bridgehead atoms. The van der Waals surface area contributed by atoms with Gasteiger partial charge in [-0.15, -0.1) is 0 Å². The zero-order valence-corrected chi connectivity index (χ0v) is 11.3. The van der Waals surface area contributed by atoms with E-state index >= 15 is 0 Å². The van der Waals surface area contributed by atoms with Crippen LogP contribution in [0.2, 0.25) is 5.15 Å². The lowest BCUT2D eigenvalue weighted by Gasteiger charge is -2.19. The van der Waals surface area contributed by atoms with E-state index in [0.29, 0.717) is 27.4 Å². The molecule has 1 N–H and O–H groups in total. The first kappa shape index (κ1) is 13.3. The number of thiazole rings is 1.